The summed E-state index contributed by atoms with van der Waals surface area (Å²) in [5.41, 5.74) is 4.52. The van der Waals surface area contributed by atoms with Gasteiger partial charge in [-0.2, -0.15) is 0 Å². The minimum absolute atomic E-state index is 0.178. The number of halogens is 1. The molecule has 0 saturated carbocycles. The Morgan fingerprint density at radius 2 is 1.50 bits per heavy atom. The molecular weight excluding hydrogens is 284 g/mol. The first-order chi connectivity index (χ1) is 8.62. The molecule has 0 spiro atoms. The summed E-state index contributed by atoms with van der Waals surface area (Å²) in [5, 5.41) is 0. The largest absolute Gasteiger partial charge is 0.0871 e. The number of alkyl halides is 1. The van der Waals surface area contributed by atoms with E-state index < -0.39 is 0 Å². The molecule has 2 unspecified atom stereocenters. The maximum absolute atomic E-state index is 3.94. The van der Waals surface area contributed by atoms with Gasteiger partial charge in [0.05, 0.1) is 0 Å². The summed E-state index contributed by atoms with van der Waals surface area (Å²) >= 11 is 3.94. The van der Waals surface area contributed by atoms with Crippen LogP contribution in [0.25, 0.3) is 0 Å². The average molecular weight is 301 g/mol. The molecule has 0 aromatic heterocycles. The Hall–Kier alpha value is -1.08. The Morgan fingerprint density at radius 3 is 2.22 bits per heavy atom. The molecule has 0 fully saturated rings. The molecule has 0 bridgehead atoms. The molecule has 2 aromatic rings. The second kappa shape index (κ2) is 4.24. The van der Waals surface area contributed by atoms with E-state index in [1.54, 1.807) is 0 Å². The van der Waals surface area contributed by atoms with Crippen LogP contribution in [0.1, 0.15) is 36.5 Å². The van der Waals surface area contributed by atoms with Gasteiger partial charge in [0.25, 0.3) is 0 Å². The van der Waals surface area contributed by atoms with Crippen molar-refractivity contribution in [3.63, 3.8) is 0 Å². The molecule has 0 saturated heterocycles. The van der Waals surface area contributed by atoms with E-state index in [0.29, 0.717) is 10.7 Å². The topological polar surface area (TPSA) is 0 Å². The number of hydrogen-bond donors (Lipinski definition) is 0. The fourth-order valence-corrected chi connectivity index (χ4v) is 3.92. The zero-order chi connectivity index (χ0) is 12.8. The SMILES string of the molecule is CC1(C)c2ccccc2C(c2ccccc2)C1Br. The zero-order valence-corrected chi connectivity index (χ0v) is 12.3. The van der Waals surface area contributed by atoms with Crippen LogP contribution >= 0.6 is 15.9 Å². The molecule has 0 heterocycles. The molecule has 0 N–H and O–H groups in total. The van der Waals surface area contributed by atoms with Crippen LogP contribution in [0.2, 0.25) is 0 Å². The van der Waals surface area contributed by atoms with Gasteiger partial charge in [0.1, 0.15) is 0 Å². The first-order valence-corrected chi connectivity index (χ1v) is 7.32. The second-order valence-corrected chi connectivity index (χ2v) is 6.59. The first kappa shape index (κ1) is 12.0. The Morgan fingerprint density at radius 1 is 0.889 bits per heavy atom. The Balaban J connectivity index is 2.18. The highest BCUT2D eigenvalue weighted by Crippen LogP contribution is 2.52. The molecule has 0 radical (unpaired) electrons. The van der Waals surface area contributed by atoms with E-state index in [9.17, 15) is 0 Å². The van der Waals surface area contributed by atoms with Crippen molar-refractivity contribution < 1.29 is 0 Å². The highest BCUT2D eigenvalue weighted by molar-refractivity contribution is 9.09. The highest BCUT2D eigenvalue weighted by Gasteiger charge is 2.45. The summed E-state index contributed by atoms with van der Waals surface area (Å²) in [7, 11) is 0. The summed E-state index contributed by atoms with van der Waals surface area (Å²) in [5.74, 6) is 0.456. The molecule has 3 rings (SSSR count). The molecule has 0 aliphatic heterocycles. The predicted molar refractivity (Wildman–Crippen MR) is 80.5 cm³/mol. The lowest BCUT2D eigenvalue weighted by Gasteiger charge is -2.26. The second-order valence-electron chi connectivity index (χ2n) is 5.60. The average Bonchev–Trinajstić information content (AvgIpc) is 2.60. The summed E-state index contributed by atoms with van der Waals surface area (Å²) in [6.07, 6.45) is 0. The van der Waals surface area contributed by atoms with Gasteiger partial charge in [0, 0.05) is 16.2 Å². The van der Waals surface area contributed by atoms with E-state index in [2.05, 4.69) is 84.4 Å². The Labute approximate surface area is 117 Å². The Kier molecular flexibility index (Phi) is 2.82. The highest BCUT2D eigenvalue weighted by atomic mass is 79.9. The normalized spacial score (nSPS) is 24.8. The molecule has 1 aliphatic rings. The molecule has 1 aliphatic carbocycles. The molecule has 1 heteroatoms. The maximum atomic E-state index is 3.94. The lowest BCUT2D eigenvalue weighted by Crippen LogP contribution is -2.26. The van der Waals surface area contributed by atoms with Crippen LogP contribution in [0.4, 0.5) is 0 Å². The van der Waals surface area contributed by atoms with Gasteiger partial charge >= 0.3 is 0 Å². The van der Waals surface area contributed by atoms with Crippen LogP contribution < -0.4 is 0 Å². The number of hydrogen-bond acceptors (Lipinski definition) is 0. The fourth-order valence-electron chi connectivity index (χ4n) is 3.09. The van der Waals surface area contributed by atoms with Crippen LogP contribution in [-0.4, -0.2) is 4.83 Å². The van der Waals surface area contributed by atoms with E-state index in [0.717, 1.165) is 0 Å². The smallest absolute Gasteiger partial charge is 0.0346 e. The van der Waals surface area contributed by atoms with Crippen molar-refractivity contribution in [2.45, 2.75) is 30.0 Å². The lowest BCUT2D eigenvalue weighted by atomic mass is 9.85. The van der Waals surface area contributed by atoms with E-state index in [-0.39, 0.29) is 5.41 Å². The van der Waals surface area contributed by atoms with E-state index in [1.165, 1.54) is 16.7 Å². The fraction of sp³-hybridized carbons (Fsp3) is 0.294. The zero-order valence-electron chi connectivity index (χ0n) is 10.7. The van der Waals surface area contributed by atoms with Crippen LogP contribution in [0, 0.1) is 0 Å². The van der Waals surface area contributed by atoms with E-state index >= 15 is 0 Å². The molecule has 2 atom stereocenters. The minimum Gasteiger partial charge on any atom is -0.0871 e. The standard InChI is InChI=1S/C17H17Br/c1-17(2)14-11-7-6-10-13(14)15(16(17)18)12-8-4-3-5-9-12/h3-11,15-16H,1-2H3. The van der Waals surface area contributed by atoms with Crippen LogP contribution in [0.3, 0.4) is 0 Å². The quantitative estimate of drug-likeness (QED) is 0.659. The molecule has 2 aromatic carbocycles. The van der Waals surface area contributed by atoms with E-state index in [4.69, 9.17) is 0 Å². The van der Waals surface area contributed by atoms with Gasteiger partial charge in [0.15, 0.2) is 0 Å². The van der Waals surface area contributed by atoms with Gasteiger partial charge in [-0.15, -0.1) is 0 Å². The van der Waals surface area contributed by atoms with Crippen LogP contribution in [0.5, 0.6) is 0 Å². The predicted octanol–water partition coefficient (Wildman–Crippen LogP) is 4.87. The molecule has 92 valence electrons. The molecule has 0 nitrogen and oxygen atoms in total. The molecular formula is C17H17Br. The van der Waals surface area contributed by atoms with Gasteiger partial charge in [0.2, 0.25) is 0 Å². The first-order valence-electron chi connectivity index (χ1n) is 6.41. The van der Waals surface area contributed by atoms with Crippen molar-refractivity contribution in [3.05, 3.63) is 71.3 Å². The summed E-state index contributed by atoms with van der Waals surface area (Å²) < 4.78 is 0. The van der Waals surface area contributed by atoms with Gasteiger partial charge < -0.3 is 0 Å². The van der Waals surface area contributed by atoms with Gasteiger partial charge in [-0.1, -0.05) is 84.4 Å². The van der Waals surface area contributed by atoms with Crippen LogP contribution in [0.15, 0.2) is 54.6 Å². The third-order valence-electron chi connectivity index (χ3n) is 4.13. The van der Waals surface area contributed by atoms with Gasteiger partial charge in [-0.05, 0) is 16.7 Å². The van der Waals surface area contributed by atoms with Crippen molar-refractivity contribution in [2.75, 3.05) is 0 Å². The van der Waals surface area contributed by atoms with Gasteiger partial charge in [-0.25, -0.2) is 0 Å². The monoisotopic (exact) mass is 300 g/mol. The minimum atomic E-state index is 0.178. The summed E-state index contributed by atoms with van der Waals surface area (Å²) in [6.45, 7) is 4.66. The van der Waals surface area contributed by atoms with Crippen molar-refractivity contribution >= 4 is 15.9 Å². The number of rotatable bonds is 1. The van der Waals surface area contributed by atoms with Crippen molar-refractivity contribution in [2.24, 2.45) is 0 Å². The summed E-state index contributed by atoms with van der Waals surface area (Å²) in [6, 6.07) is 19.6. The maximum Gasteiger partial charge on any atom is 0.0346 e. The van der Waals surface area contributed by atoms with Crippen LogP contribution in [-0.2, 0) is 5.41 Å². The van der Waals surface area contributed by atoms with E-state index in [1.807, 2.05) is 0 Å². The molecule has 18 heavy (non-hydrogen) atoms. The summed E-state index contributed by atoms with van der Waals surface area (Å²) in [4.78, 5) is 0.449. The lowest BCUT2D eigenvalue weighted by molar-refractivity contribution is 0.522. The Bertz CT molecular complexity index is 557. The molecule has 0 amide bonds. The number of benzene rings is 2. The van der Waals surface area contributed by atoms with Gasteiger partial charge in [-0.3, -0.25) is 0 Å². The third-order valence-corrected chi connectivity index (χ3v) is 5.80. The third kappa shape index (κ3) is 1.65. The van der Waals surface area contributed by atoms with Crippen molar-refractivity contribution in [3.8, 4) is 0 Å². The van der Waals surface area contributed by atoms with Crippen molar-refractivity contribution in [1.29, 1.82) is 0 Å². The van der Waals surface area contributed by atoms with Crippen molar-refractivity contribution in [1.82, 2.24) is 0 Å². The number of fused-ring (bicyclic) bond motifs is 1.